The van der Waals surface area contributed by atoms with Crippen molar-refractivity contribution in [2.75, 3.05) is 7.11 Å². The average Bonchev–Trinajstić information content (AvgIpc) is 2.91. The van der Waals surface area contributed by atoms with Crippen molar-refractivity contribution in [3.05, 3.63) is 101 Å². The molecule has 0 saturated carbocycles. The van der Waals surface area contributed by atoms with Crippen molar-refractivity contribution in [2.45, 2.75) is 10.6 Å². The Morgan fingerprint density at radius 2 is 1.69 bits per heavy atom. The number of nitriles is 1. The number of aromatic nitrogens is 1. The lowest BCUT2D eigenvalue weighted by atomic mass is 9.91. The van der Waals surface area contributed by atoms with Crippen molar-refractivity contribution in [1.82, 2.24) is 4.98 Å². The van der Waals surface area contributed by atoms with Crippen molar-refractivity contribution in [3.63, 3.8) is 0 Å². The Hall–Kier alpha value is -3.78. The summed E-state index contributed by atoms with van der Waals surface area (Å²) >= 11 is 8.06. The number of nitrogens with zero attached hydrogens (tertiary/aromatic N) is 2. The first kappa shape index (κ1) is 21.7. The van der Waals surface area contributed by atoms with E-state index in [1.54, 1.807) is 18.9 Å². The van der Waals surface area contributed by atoms with Crippen LogP contribution >= 0.6 is 23.4 Å². The summed E-state index contributed by atoms with van der Waals surface area (Å²) in [5.41, 5.74) is 7.43. The molecule has 1 aromatic heterocycles. The van der Waals surface area contributed by atoms with Gasteiger partial charge in [0.05, 0.1) is 12.8 Å². The molecular weight excluding hydrogens is 472 g/mol. The van der Waals surface area contributed by atoms with E-state index in [0.717, 1.165) is 44.2 Å². The molecule has 0 atom stereocenters. The highest BCUT2D eigenvalue weighted by Crippen LogP contribution is 2.47. The smallest absolute Gasteiger partial charge is 0.232 e. The van der Waals surface area contributed by atoms with Gasteiger partial charge in [0.25, 0.3) is 0 Å². The number of pyridine rings is 1. The maximum atomic E-state index is 10.1. The van der Waals surface area contributed by atoms with Gasteiger partial charge in [-0.25, -0.2) is 4.98 Å². The van der Waals surface area contributed by atoms with Gasteiger partial charge in [0.1, 0.15) is 11.6 Å². The molecule has 0 unspecified atom stereocenters. The third-order valence-electron chi connectivity index (χ3n) is 6.41. The standard InChI is InChI=1S/C30H19ClN2OS/c1-34-30-25(16-32)28(26-17-35-27-14-13-21(31)15-24(27)29(26)33-30)20-11-9-19(10-12-20)23-8-4-6-18-5-2-3-7-22(18)23/h2-15H,17H2,1H3. The van der Waals surface area contributed by atoms with Crippen LogP contribution in [0.2, 0.25) is 5.02 Å². The number of hydrogen-bond donors (Lipinski definition) is 0. The fourth-order valence-corrected chi connectivity index (χ4v) is 6.02. The van der Waals surface area contributed by atoms with E-state index in [-0.39, 0.29) is 0 Å². The molecule has 0 spiro atoms. The second-order valence-corrected chi connectivity index (χ2v) is 9.80. The molecular formula is C30H19ClN2OS. The normalized spacial score (nSPS) is 12.0. The van der Waals surface area contributed by atoms with Gasteiger partial charge in [-0.15, -0.1) is 11.8 Å². The van der Waals surface area contributed by atoms with Crippen LogP contribution in [0.4, 0.5) is 0 Å². The fourth-order valence-electron chi connectivity index (χ4n) is 4.79. The number of halogens is 1. The lowest BCUT2D eigenvalue weighted by Gasteiger charge is -2.23. The van der Waals surface area contributed by atoms with Gasteiger partial charge in [-0.05, 0) is 51.2 Å². The molecule has 0 N–H and O–H groups in total. The second kappa shape index (κ2) is 8.78. The van der Waals surface area contributed by atoms with E-state index in [9.17, 15) is 5.26 Å². The van der Waals surface area contributed by atoms with Crippen LogP contribution in [0.15, 0.2) is 89.8 Å². The van der Waals surface area contributed by atoms with Gasteiger partial charge in [0, 0.05) is 26.8 Å². The Morgan fingerprint density at radius 1 is 0.914 bits per heavy atom. The van der Waals surface area contributed by atoms with E-state index in [1.165, 1.54) is 16.3 Å². The minimum atomic E-state index is 0.331. The molecule has 168 valence electrons. The van der Waals surface area contributed by atoms with E-state index in [0.29, 0.717) is 16.5 Å². The molecule has 0 radical (unpaired) electrons. The fraction of sp³-hybridized carbons (Fsp3) is 0.0667. The topological polar surface area (TPSA) is 45.9 Å². The molecule has 0 amide bonds. The number of ether oxygens (including phenoxy) is 1. The summed E-state index contributed by atoms with van der Waals surface area (Å²) in [4.78, 5) is 5.88. The van der Waals surface area contributed by atoms with Crippen LogP contribution in [0.25, 0.3) is 44.3 Å². The van der Waals surface area contributed by atoms with Crippen molar-refractivity contribution < 1.29 is 4.74 Å². The van der Waals surface area contributed by atoms with Crippen LogP contribution in [0.1, 0.15) is 11.1 Å². The maximum Gasteiger partial charge on any atom is 0.232 e. The summed E-state index contributed by atoms with van der Waals surface area (Å²) in [6.45, 7) is 0. The summed E-state index contributed by atoms with van der Waals surface area (Å²) in [5.74, 6) is 1.05. The molecule has 0 aliphatic carbocycles. The molecule has 6 rings (SSSR count). The number of benzene rings is 4. The molecule has 0 fully saturated rings. The summed E-state index contributed by atoms with van der Waals surface area (Å²) < 4.78 is 5.58. The lowest BCUT2D eigenvalue weighted by molar-refractivity contribution is 0.397. The first-order valence-electron chi connectivity index (χ1n) is 11.2. The number of methoxy groups -OCH3 is 1. The lowest BCUT2D eigenvalue weighted by Crippen LogP contribution is -2.06. The van der Waals surface area contributed by atoms with Gasteiger partial charge in [-0.1, -0.05) is 78.3 Å². The zero-order chi connectivity index (χ0) is 23.9. The largest absolute Gasteiger partial charge is 0.480 e. The Labute approximate surface area is 213 Å². The Bertz CT molecular complexity index is 1650. The number of hydrogen-bond acceptors (Lipinski definition) is 4. The molecule has 1 aliphatic rings. The van der Waals surface area contributed by atoms with Crippen molar-refractivity contribution in [3.8, 4) is 45.5 Å². The van der Waals surface area contributed by atoms with Gasteiger partial charge in [0.15, 0.2) is 0 Å². The predicted molar refractivity (Wildman–Crippen MR) is 144 cm³/mol. The number of rotatable bonds is 3. The Kier molecular flexibility index (Phi) is 5.45. The monoisotopic (exact) mass is 490 g/mol. The Morgan fingerprint density at radius 3 is 2.49 bits per heavy atom. The summed E-state index contributed by atoms with van der Waals surface area (Å²) in [6.07, 6.45) is 0. The third kappa shape index (κ3) is 3.65. The van der Waals surface area contributed by atoms with Gasteiger partial charge in [-0.3, -0.25) is 0 Å². The van der Waals surface area contributed by atoms with Gasteiger partial charge in [-0.2, -0.15) is 5.26 Å². The number of fused-ring (bicyclic) bond motifs is 4. The van der Waals surface area contributed by atoms with Crippen LogP contribution in [0.5, 0.6) is 5.88 Å². The molecule has 5 aromatic rings. The highest BCUT2D eigenvalue weighted by Gasteiger charge is 2.27. The molecule has 3 nitrogen and oxygen atoms in total. The van der Waals surface area contributed by atoms with Crippen molar-refractivity contribution >= 4 is 34.1 Å². The summed E-state index contributed by atoms with van der Waals surface area (Å²) in [5, 5.41) is 13.2. The van der Waals surface area contributed by atoms with E-state index in [4.69, 9.17) is 21.3 Å². The molecule has 0 saturated heterocycles. The average molecular weight is 491 g/mol. The number of thioether (sulfide) groups is 1. The van der Waals surface area contributed by atoms with Crippen LogP contribution in [0.3, 0.4) is 0 Å². The van der Waals surface area contributed by atoms with Gasteiger partial charge < -0.3 is 4.74 Å². The zero-order valence-electron chi connectivity index (χ0n) is 18.9. The van der Waals surface area contributed by atoms with Crippen LogP contribution < -0.4 is 4.74 Å². The van der Waals surface area contributed by atoms with Crippen LogP contribution in [0, 0.1) is 11.3 Å². The van der Waals surface area contributed by atoms with E-state index < -0.39 is 0 Å². The first-order chi connectivity index (χ1) is 17.2. The highest BCUT2D eigenvalue weighted by atomic mass is 35.5. The first-order valence-corrected chi connectivity index (χ1v) is 12.6. The quantitative estimate of drug-likeness (QED) is 0.255. The molecule has 35 heavy (non-hydrogen) atoms. The molecule has 1 aliphatic heterocycles. The van der Waals surface area contributed by atoms with E-state index in [2.05, 4.69) is 72.8 Å². The minimum absolute atomic E-state index is 0.331. The van der Waals surface area contributed by atoms with Crippen LogP contribution in [-0.2, 0) is 5.75 Å². The van der Waals surface area contributed by atoms with Gasteiger partial charge >= 0.3 is 0 Å². The zero-order valence-corrected chi connectivity index (χ0v) is 20.5. The summed E-state index contributed by atoms with van der Waals surface area (Å²) in [6, 6.07) is 31.4. The van der Waals surface area contributed by atoms with E-state index >= 15 is 0 Å². The van der Waals surface area contributed by atoms with Crippen molar-refractivity contribution in [1.29, 1.82) is 5.26 Å². The molecule has 0 bridgehead atoms. The Balaban J connectivity index is 1.54. The second-order valence-electron chi connectivity index (χ2n) is 8.34. The van der Waals surface area contributed by atoms with E-state index in [1.807, 2.05) is 18.2 Å². The van der Waals surface area contributed by atoms with Crippen molar-refractivity contribution in [2.24, 2.45) is 0 Å². The molecule has 5 heteroatoms. The predicted octanol–water partition coefficient (Wildman–Crippen LogP) is 8.38. The van der Waals surface area contributed by atoms with Gasteiger partial charge in [0.2, 0.25) is 5.88 Å². The summed E-state index contributed by atoms with van der Waals surface area (Å²) in [7, 11) is 1.55. The van der Waals surface area contributed by atoms with Crippen LogP contribution in [-0.4, -0.2) is 12.1 Å². The SMILES string of the molecule is COc1nc2c(c(-c3ccc(-c4cccc5ccccc45)cc3)c1C#N)CSc1ccc(Cl)cc1-2. The maximum absolute atomic E-state index is 10.1. The molecule has 4 aromatic carbocycles. The minimum Gasteiger partial charge on any atom is -0.480 e. The molecule has 2 heterocycles. The highest BCUT2D eigenvalue weighted by molar-refractivity contribution is 7.98. The third-order valence-corrected chi connectivity index (χ3v) is 7.75.